The van der Waals surface area contributed by atoms with Crippen molar-refractivity contribution in [2.45, 2.75) is 19.9 Å². The molecule has 0 atom stereocenters. The fourth-order valence-electron chi connectivity index (χ4n) is 3.73. The van der Waals surface area contributed by atoms with Crippen LogP contribution in [0.25, 0.3) is 22.7 Å². The molecule has 0 amide bonds. The summed E-state index contributed by atoms with van der Waals surface area (Å²) >= 11 is 0. The van der Waals surface area contributed by atoms with Crippen LogP contribution in [0, 0.1) is 0 Å². The van der Waals surface area contributed by atoms with E-state index in [4.69, 9.17) is 4.74 Å². The van der Waals surface area contributed by atoms with Crippen LogP contribution in [-0.2, 0) is 13.0 Å². The highest BCUT2D eigenvalue weighted by Gasteiger charge is 2.23. The van der Waals surface area contributed by atoms with Crippen LogP contribution in [0.2, 0.25) is 0 Å². The SMILES string of the molecule is COc1cccc2c3c(n(/C=C(\C)c4ccncc4)c12)CCN(C)C3. The second-order valence-electron chi connectivity index (χ2n) is 6.69. The molecule has 0 N–H and O–H groups in total. The summed E-state index contributed by atoms with van der Waals surface area (Å²) in [5, 5.41) is 1.29. The van der Waals surface area contributed by atoms with Gasteiger partial charge in [-0.05, 0) is 48.9 Å². The highest BCUT2D eigenvalue weighted by Crippen LogP contribution is 2.36. The molecule has 3 aromatic rings. The van der Waals surface area contributed by atoms with Gasteiger partial charge in [-0.1, -0.05) is 12.1 Å². The first kappa shape index (κ1) is 15.9. The van der Waals surface area contributed by atoms with E-state index in [0.717, 1.165) is 25.3 Å². The third-order valence-electron chi connectivity index (χ3n) is 5.04. The number of hydrogen-bond acceptors (Lipinski definition) is 3. The molecule has 0 saturated carbocycles. The van der Waals surface area contributed by atoms with Crippen LogP contribution in [-0.4, -0.2) is 35.2 Å². The number of methoxy groups -OCH3 is 1. The second-order valence-corrected chi connectivity index (χ2v) is 6.69. The van der Waals surface area contributed by atoms with Crippen LogP contribution in [0.1, 0.15) is 23.7 Å². The van der Waals surface area contributed by atoms with Crippen molar-refractivity contribution in [1.29, 1.82) is 0 Å². The third kappa shape index (κ3) is 2.72. The van der Waals surface area contributed by atoms with Crippen LogP contribution in [0.3, 0.4) is 0 Å². The van der Waals surface area contributed by atoms with Gasteiger partial charge < -0.3 is 14.2 Å². The van der Waals surface area contributed by atoms with Gasteiger partial charge in [0.2, 0.25) is 0 Å². The van der Waals surface area contributed by atoms with Crippen molar-refractivity contribution in [1.82, 2.24) is 14.5 Å². The maximum atomic E-state index is 5.69. The maximum absolute atomic E-state index is 5.69. The summed E-state index contributed by atoms with van der Waals surface area (Å²) < 4.78 is 8.03. The number of likely N-dealkylation sites (N-methyl/N-ethyl adjacent to an activating group) is 1. The first-order valence-corrected chi connectivity index (χ1v) is 8.65. The molecule has 4 nitrogen and oxygen atoms in total. The lowest BCUT2D eigenvalue weighted by Gasteiger charge is -2.23. The zero-order valence-corrected chi connectivity index (χ0v) is 15.0. The molecule has 128 valence electrons. The van der Waals surface area contributed by atoms with Crippen molar-refractivity contribution in [3.05, 3.63) is 59.5 Å². The van der Waals surface area contributed by atoms with E-state index >= 15 is 0 Å². The number of allylic oxidation sites excluding steroid dienone is 1. The Kier molecular flexibility index (Phi) is 4.06. The second kappa shape index (κ2) is 6.37. The number of pyridine rings is 1. The Hall–Kier alpha value is -2.59. The Bertz CT molecular complexity index is 941. The molecular formula is C21H23N3O. The van der Waals surface area contributed by atoms with Crippen molar-refractivity contribution in [2.75, 3.05) is 20.7 Å². The van der Waals surface area contributed by atoms with Crippen LogP contribution in [0.15, 0.2) is 42.7 Å². The molecule has 0 unspecified atom stereocenters. The van der Waals surface area contributed by atoms with Gasteiger partial charge in [0, 0.05) is 49.2 Å². The number of benzene rings is 1. The summed E-state index contributed by atoms with van der Waals surface area (Å²) in [5.41, 5.74) is 6.38. The fraction of sp³-hybridized carbons (Fsp3) is 0.286. The van der Waals surface area contributed by atoms with Crippen LogP contribution in [0.4, 0.5) is 0 Å². The van der Waals surface area contributed by atoms with Gasteiger partial charge in [-0.3, -0.25) is 4.98 Å². The lowest BCUT2D eigenvalue weighted by atomic mass is 10.0. The summed E-state index contributed by atoms with van der Waals surface area (Å²) in [6.45, 7) is 4.21. The summed E-state index contributed by atoms with van der Waals surface area (Å²) in [6.07, 6.45) is 6.96. The molecule has 0 aliphatic carbocycles. The van der Waals surface area contributed by atoms with Crippen LogP contribution < -0.4 is 4.74 Å². The molecule has 0 spiro atoms. The van der Waals surface area contributed by atoms with E-state index in [1.807, 2.05) is 18.5 Å². The number of para-hydroxylation sites is 1. The topological polar surface area (TPSA) is 30.3 Å². The van der Waals surface area contributed by atoms with Gasteiger partial charge in [0.1, 0.15) is 5.75 Å². The van der Waals surface area contributed by atoms with Gasteiger partial charge in [0.05, 0.1) is 12.6 Å². The molecule has 25 heavy (non-hydrogen) atoms. The summed E-state index contributed by atoms with van der Waals surface area (Å²) in [4.78, 5) is 6.50. The molecule has 0 saturated heterocycles. The number of ether oxygens (including phenoxy) is 1. The summed E-state index contributed by atoms with van der Waals surface area (Å²) in [6, 6.07) is 10.4. The monoisotopic (exact) mass is 333 g/mol. The average molecular weight is 333 g/mol. The van der Waals surface area contributed by atoms with E-state index in [2.05, 4.69) is 58.9 Å². The first-order chi connectivity index (χ1) is 12.2. The van der Waals surface area contributed by atoms with Crippen molar-refractivity contribution in [3.63, 3.8) is 0 Å². The Morgan fingerprint density at radius 3 is 2.76 bits per heavy atom. The van der Waals surface area contributed by atoms with Gasteiger partial charge in [0.25, 0.3) is 0 Å². The van der Waals surface area contributed by atoms with Gasteiger partial charge in [-0.25, -0.2) is 0 Å². The minimum atomic E-state index is 0.924. The fourth-order valence-corrected chi connectivity index (χ4v) is 3.73. The minimum absolute atomic E-state index is 0.924. The number of fused-ring (bicyclic) bond motifs is 3. The van der Waals surface area contributed by atoms with E-state index in [0.29, 0.717) is 0 Å². The molecule has 1 aromatic carbocycles. The van der Waals surface area contributed by atoms with Gasteiger partial charge in [0.15, 0.2) is 0 Å². The molecule has 1 aliphatic heterocycles. The summed E-state index contributed by atoms with van der Waals surface area (Å²) in [7, 11) is 3.93. The van der Waals surface area contributed by atoms with Crippen molar-refractivity contribution in [2.24, 2.45) is 0 Å². The standard InChI is InChI=1S/C21H23N3O/c1-15(16-7-10-22-11-8-16)13-24-19-9-12-23(2)14-18(19)17-5-4-6-20(25-3)21(17)24/h4-8,10-11,13H,9,12,14H2,1-3H3/b15-13+. The smallest absolute Gasteiger partial charge is 0.143 e. The van der Waals surface area contributed by atoms with E-state index in [1.54, 1.807) is 7.11 Å². The highest BCUT2D eigenvalue weighted by atomic mass is 16.5. The van der Waals surface area contributed by atoms with E-state index in [9.17, 15) is 0 Å². The Morgan fingerprint density at radius 1 is 1.20 bits per heavy atom. The molecule has 1 aliphatic rings. The van der Waals surface area contributed by atoms with E-state index in [1.165, 1.54) is 33.3 Å². The molecule has 4 rings (SSSR count). The predicted molar refractivity (Wildman–Crippen MR) is 103 cm³/mol. The van der Waals surface area contributed by atoms with Crippen molar-refractivity contribution in [3.8, 4) is 5.75 Å². The minimum Gasteiger partial charge on any atom is -0.495 e. The molecule has 0 bridgehead atoms. The normalized spacial score (nSPS) is 15.4. The van der Waals surface area contributed by atoms with Crippen molar-refractivity contribution >= 4 is 22.7 Å². The van der Waals surface area contributed by atoms with Gasteiger partial charge in [-0.15, -0.1) is 0 Å². The van der Waals surface area contributed by atoms with E-state index in [-0.39, 0.29) is 0 Å². The lowest BCUT2D eigenvalue weighted by molar-refractivity contribution is 0.312. The largest absolute Gasteiger partial charge is 0.495 e. The lowest BCUT2D eigenvalue weighted by Crippen LogP contribution is -2.26. The van der Waals surface area contributed by atoms with E-state index < -0.39 is 0 Å². The molecule has 2 aromatic heterocycles. The Labute approximate surface area is 148 Å². The van der Waals surface area contributed by atoms with Crippen LogP contribution >= 0.6 is 0 Å². The van der Waals surface area contributed by atoms with Gasteiger partial charge in [-0.2, -0.15) is 0 Å². The number of hydrogen-bond donors (Lipinski definition) is 0. The van der Waals surface area contributed by atoms with Crippen molar-refractivity contribution < 1.29 is 4.74 Å². The average Bonchev–Trinajstić information content (AvgIpc) is 2.95. The molecule has 0 fully saturated rings. The maximum Gasteiger partial charge on any atom is 0.143 e. The highest BCUT2D eigenvalue weighted by molar-refractivity contribution is 5.94. The Morgan fingerprint density at radius 2 is 2.00 bits per heavy atom. The number of rotatable bonds is 3. The predicted octanol–water partition coefficient (Wildman–Crippen LogP) is 4.05. The zero-order valence-electron chi connectivity index (χ0n) is 15.0. The first-order valence-electron chi connectivity index (χ1n) is 8.65. The molecular weight excluding hydrogens is 310 g/mol. The van der Waals surface area contributed by atoms with Gasteiger partial charge >= 0.3 is 0 Å². The molecule has 0 radical (unpaired) electrons. The number of aromatic nitrogens is 2. The zero-order chi connectivity index (χ0) is 17.4. The number of nitrogens with zero attached hydrogens (tertiary/aromatic N) is 3. The Balaban J connectivity index is 1.97. The quantitative estimate of drug-likeness (QED) is 0.724. The van der Waals surface area contributed by atoms with Crippen LogP contribution in [0.5, 0.6) is 5.75 Å². The molecule has 4 heteroatoms. The third-order valence-corrected chi connectivity index (χ3v) is 5.04. The molecule has 3 heterocycles. The summed E-state index contributed by atoms with van der Waals surface area (Å²) in [5.74, 6) is 0.924.